The van der Waals surface area contributed by atoms with Gasteiger partial charge in [0, 0.05) is 0 Å². The molecule has 0 aromatic rings. The molecule has 1 saturated heterocycles. The molecule has 0 aliphatic carbocycles. The Balaban J connectivity index is 0.000000583. The summed E-state index contributed by atoms with van der Waals surface area (Å²) < 4.78 is 4.58. The van der Waals surface area contributed by atoms with Gasteiger partial charge in [0.05, 0.1) is 6.61 Å². The molecule has 5 atom stereocenters. The van der Waals surface area contributed by atoms with E-state index < -0.39 is 37.3 Å². The van der Waals surface area contributed by atoms with Crippen LogP contribution in [0.25, 0.3) is 16.0 Å². The van der Waals surface area contributed by atoms with Crippen LogP contribution < -0.4 is 0 Å². The summed E-state index contributed by atoms with van der Waals surface area (Å²) in [6.07, 6.45) is -7.04. The van der Waals surface area contributed by atoms with Crippen molar-refractivity contribution in [2.24, 2.45) is 0 Å². The fourth-order valence-corrected chi connectivity index (χ4v) is 1.08. The van der Waals surface area contributed by atoms with Crippen LogP contribution in [0.1, 0.15) is 0 Å². The minimum absolute atomic E-state index is 0.526. The lowest BCUT2D eigenvalue weighted by Crippen LogP contribution is -2.58. The van der Waals surface area contributed by atoms with E-state index in [4.69, 9.17) is 36.6 Å². The molecule has 0 aromatic heterocycles. The largest absolute Gasteiger partial charge is 0.394 e. The molecule has 0 unspecified atom stereocenters. The van der Waals surface area contributed by atoms with E-state index >= 15 is 0 Å². The summed E-state index contributed by atoms with van der Waals surface area (Å²) in [5.74, 6) is 0. The molecule has 5 N–H and O–H groups in total. The van der Waals surface area contributed by atoms with Gasteiger partial charge in [0.25, 0.3) is 0 Å². The number of ether oxygens (including phenoxy) is 1. The van der Waals surface area contributed by atoms with E-state index in [0.29, 0.717) is 0 Å². The van der Waals surface area contributed by atoms with E-state index in [1.807, 2.05) is 0 Å². The lowest BCUT2D eigenvalue weighted by atomic mass is 10.00. The Morgan fingerprint density at radius 1 is 1.00 bits per heavy atom. The Labute approximate surface area is 84.6 Å². The highest BCUT2D eigenvalue weighted by Crippen LogP contribution is 2.18. The van der Waals surface area contributed by atoms with Crippen molar-refractivity contribution in [2.45, 2.75) is 30.7 Å². The second kappa shape index (κ2) is 6.53. The Bertz CT molecular complexity index is 216. The molecular formula is C6H12N3O6-. The third-order valence-electron chi connectivity index (χ3n) is 1.87. The maximum absolute atomic E-state index is 9.12. The zero-order valence-electron chi connectivity index (χ0n) is 7.58. The third kappa shape index (κ3) is 3.61. The first-order valence-corrected chi connectivity index (χ1v) is 3.96. The van der Waals surface area contributed by atoms with Crippen LogP contribution in [0.3, 0.4) is 0 Å². The molecule has 0 saturated carbocycles. The Morgan fingerprint density at radius 2 is 1.47 bits per heavy atom. The molecule has 1 aliphatic rings. The van der Waals surface area contributed by atoms with Gasteiger partial charge in [-0.25, -0.2) is 0 Å². The van der Waals surface area contributed by atoms with Crippen molar-refractivity contribution in [3.8, 4) is 0 Å². The SMILES string of the molecule is OC[C@H]1O[C@@H](O)[C@H](O)[C@@H](O)[C@H]1O.[N-]=[N+]=[N-]. The van der Waals surface area contributed by atoms with Crippen LogP contribution in [0.5, 0.6) is 0 Å². The predicted molar refractivity (Wildman–Crippen MR) is 46.1 cm³/mol. The monoisotopic (exact) mass is 222 g/mol. The van der Waals surface area contributed by atoms with E-state index in [0.717, 1.165) is 0 Å². The molecule has 9 heteroatoms. The molecule has 0 radical (unpaired) electrons. The number of hydrogen-bond acceptors (Lipinski definition) is 6. The highest BCUT2D eigenvalue weighted by Gasteiger charge is 2.42. The van der Waals surface area contributed by atoms with Crippen LogP contribution in [0.2, 0.25) is 0 Å². The number of aliphatic hydroxyl groups excluding tert-OH is 5. The minimum atomic E-state index is -1.57. The number of nitrogens with zero attached hydrogens (tertiary/aromatic N) is 3. The lowest BCUT2D eigenvalue weighted by Gasteiger charge is -2.37. The maximum Gasteiger partial charge on any atom is 0.184 e. The first-order valence-electron chi connectivity index (χ1n) is 3.96. The molecule has 0 spiro atoms. The van der Waals surface area contributed by atoms with Crippen molar-refractivity contribution in [1.82, 2.24) is 0 Å². The normalized spacial score (nSPS) is 39.9. The standard InChI is InChI=1S/C6H12O6.N3/c7-1-2-3(8)4(9)5(10)6(11)12-2;1-3-2/h2-11H,1H2;/q;-1/t2-,3+,4+,5-,6-;/m1./s1. The summed E-state index contributed by atoms with van der Waals surface area (Å²) in [5.41, 5.74) is 13.5. The zero-order valence-corrected chi connectivity index (χ0v) is 7.58. The van der Waals surface area contributed by atoms with Gasteiger partial charge >= 0.3 is 0 Å². The van der Waals surface area contributed by atoms with E-state index in [9.17, 15) is 0 Å². The highest BCUT2D eigenvalue weighted by molar-refractivity contribution is 4.87. The fraction of sp³-hybridized carbons (Fsp3) is 1.00. The molecule has 0 bridgehead atoms. The van der Waals surface area contributed by atoms with Crippen molar-refractivity contribution in [1.29, 1.82) is 0 Å². The van der Waals surface area contributed by atoms with E-state index in [-0.39, 0.29) is 0 Å². The molecular weight excluding hydrogens is 210 g/mol. The summed E-state index contributed by atoms with van der Waals surface area (Å²) >= 11 is 0. The van der Waals surface area contributed by atoms with Gasteiger partial charge in [0.2, 0.25) is 0 Å². The van der Waals surface area contributed by atoms with Crippen molar-refractivity contribution in [3.63, 3.8) is 0 Å². The lowest BCUT2D eigenvalue weighted by molar-refractivity contribution is -0.286. The van der Waals surface area contributed by atoms with Crippen molar-refractivity contribution in [2.75, 3.05) is 6.61 Å². The third-order valence-corrected chi connectivity index (χ3v) is 1.87. The highest BCUT2D eigenvalue weighted by atomic mass is 16.6. The molecule has 9 nitrogen and oxygen atoms in total. The number of hydrogen-bond donors (Lipinski definition) is 5. The molecule has 1 aliphatic heterocycles. The molecule has 1 fully saturated rings. The molecule has 1 rings (SSSR count). The maximum atomic E-state index is 9.12. The average Bonchev–Trinajstić information content (AvgIpc) is 2.21. The first kappa shape index (κ1) is 14.1. The van der Waals surface area contributed by atoms with Crippen LogP contribution in [0.4, 0.5) is 0 Å². The van der Waals surface area contributed by atoms with Crippen LogP contribution in [-0.2, 0) is 4.74 Å². The molecule has 15 heavy (non-hydrogen) atoms. The van der Waals surface area contributed by atoms with Gasteiger partial charge < -0.3 is 41.3 Å². The summed E-state index contributed by atoms with van der Waals surface area (Å²) in [6.45, 7) is -0.526. The summed E-state index contributed by atoms with van der Waals surface area (Å²) in [5, 5.41) is 44.7. The fourth-order valence-electron chi connectivity index (χ4n) is 1.08. The van der Waals surface area contributed by atoms with Crippen LogP contribution >= 0.6 is 0 Å². The van der Waals surface area contributed by atoms with Gasteiger partial charge in [-0.3, -0.25) is 4.91 Å². The van der Waals surface area contributed by atoms with Crippen LogP contribution in [-0.4, -0.2) is 62.8 Å². The molecule has 88 valence electrons. The topological polar surface area (TPSA) is 169 Å². The van der Waals surface area contributed by atoms with Gasteiger partial charge in [0.15, 0.2) is 6.29 Å². The van der Waals surface area contributed by atoms with Crippen molar-refractivity contribution in [3.05, 3.63) is 16.0 Å². The van der Waals surface area contributed by atoms with E-state index in [1.54, 1.807) is 0 Å². The summed E-state index contributed by atoms with van der Waals surface area (Å²) in [4.78, 5) is 1.50. The summed E-state index contributed by atoms with van der Waals surface area (Å²) in [7, 11) is 0. The second-order valence-electron chi connectivity index (χ2n) is 2.81. The summed E-state index contributed by atoms with van der Waals surface area (Å²) in [6, 6.07) is 0. The molecule has 0 aromatic carbocycles. The van der Waals surface area contributed by atoms with Gasteiger partial charge in [-0.2, -0.15) is 0 Å². The number of aliphatic hydroxyl groups is 5. The van der Waals surface area contributed by atoms with Gasteiger partial charge in [-0.1, -0.05) is 0 Å². The van der Waals surface area contributed by atoms with Gasteiger partial charge in [-0.15, -0.1) is 0 Å². The molecule has 0 amide bonds. The van der Waals surface area contributed by atoms with E-state index in [1.165, 1.54) is 4.91 Å². The average molecular weight is 222 g/mol. The van der Waals surface area contributed by atoms with Crippen molar-refractivity contribution < 1.29 is 30.3 Å². The molecule has 1 heterocycles. The van der Waals surface area contributed by atoms with Crippen molar-refractivity contribution >= 4 is 0 Å². The number of rotatable bonds is 1. The van der Waals surface area contributed by atoms with E-state index in [2.05, 4.69) is 4.74 Å². The Morgan fingerprint density at radius 3 is 1.87 bits per heavy atom. The Hall–Kier alpha value is -0.930. The smallest absolute Gasteiger partial charge is 0.184 e. The zero-order chi connectivity index (χ0) is 12.0. The first-order chi connectivity index (χ1) is 6.99. The van der Waals surface area contributed by atoms with Gasteiger partial charge in [-0.05, 0) is 0 Å². The predicted octanol–water partition coefficient (Wildman–Crippen LogP) is -2.36. The van der Waals surface area contributed by atoms with Gasteiger partial charge in [0.1, 0.15) is 24.4 Å². The van der Waals surface area contributed by atoms with Crippen LogP contribution in [0.15, 0.2) is 0 Å². The minimum Gasteiger partial charge on any atom is -0.394 e. The van der Waals surface area contributed by atoms with Crippen LogP contribution in [0, 0.1) is 0 Å². The Kier molecular flexibility index (Phi) is 6.13. The quantitative estimate of drug-likeness (QED) is 0.189. The second-order valence-corrected chi connectivity index (χ2v) is 2.81.